The van der Waals surface area contributed by atoms with E-state index in [1.165, 1.54) is 5.38 Å². The van der Waals surface area contributed by atoms with E-state index in [2.05, 4.69) is 23.8 Å². The third-order valence-electron chi connectivity index (χ3n) is 4.21. The molecule has 3 rings (SSSR count). The second kappa shape index (κ2) is 8.83. The number of hydrogen-bond donors (Lipinski definition) is 1. The SMILES string of the molecule is COc1c(F)c(NS(C)(=O)=O)c(F)c(F)c1-c1csc(-c2ccnc(CC(C)C)c2)n1. The highest BCUT2D eigenvalue weighted by Crippen LogP contribution is 2.42. The first-order valence-electron chi connectivity index (χ1n) is 9.15. The molecule has 0 unspecified atom stereocenters. The molecular formula is C20H20F3N3O3S2. The highest BCUT2D eigenvalue weighted by atomic mass is 32.2. The molecule has 1 N–H and O–H groups in total. The van der Waals surface area contributed by atoms with Crippen LogP contribution in [0.2, 0.25) is 0 Å². The molecule has 0 aliphatic rings. The summed E-state index contributed by atoms with van der Waals surface area (Å²) in [6, 6.07) is 3.59. The molecule has 166 valence electrons. The summed E-state index contributed by atoms with van der Waals surface area (Å²) in [4.78, 5) is 8.64. The molecule has 0 bridgehead atoms. The van der Waals surface area contributed by atoms with Crippen LogP contribution in [0.15, 0.2) is 23.7 Å². The van der Waals surface area contributed by atoms with Gasteiger partial charge in [0.2, 0.25) is 10.0 Å². The maximum Gasteiger partial charge on any atom is 0.230 e. The zero-order chi connectivity index (χ0) is 22.9. The van der Waals surface area contributed by atoms with Crippen molar-refractivity contribution in [3.63, 3.8) is 0 Å². The number of methoxy groups -OCH3 is 1. The van der Waals surface area contributed by atoms with Crippen LogP contribution in [0, 0.1) is 23.4 Å². The first kappa shape index (κ1) is 23.0. The number of hydrogen-bond acceptors (Lipinski definition) is 6. The van der Waals surface area contributed by atoms with Crippen molar-refractivity contribution >= 4 is 27.0 Å². The van der Waals surface area contributed by atoms with E-state index in [-0.39, 0.29) is 5.69 Å². The Hall–Kier alpha value is -2.66. The summed E-state index contributed by atoms with van der Waals surface area (Å²) in [7, 11) is -2.99. The first-order valence-corrected chi connectivity index (χ1v) is 11.9. The number of nitrogens with zero attached hydrogens (tertiary/aromatic N) is 2. The lowest BCUT2D eigenvalue weighted by Crippen LogP contribution is -2.14. The lowest BCUT2D eigenvalue weighted by atomic mass is 10.1. The van der Waals surface area contributed by atoms with Crippen molar-refractivity contribution in [2.24, 2.45) is 5.92 Å². The molecule has 31 heavy (non-hydrogen) atoms. The third kappa shape index (κ3) is 4.99. The van der Waals surface area contributed by atoms with E-state index in [1.54, 1.807) is 17.0 Å². The predicted octanol–water partition coefficient (Wildman–Crippen LogP) is 4.87. The van der Waals surface area contributed by atoms with Gasteiger partial charge in [-0.05, 0) is 24.5 Å². The Kier molecular flexibility index (Phi) is 6.56. The minimum atomic E-state index is -4.06. The number of halogens is 3. The Balaban J connectivity index is 2.10. The predicted molar refractivity (Wildman–Crippen MR) is 114 cm³/mol. The van der Waals surface area contributed by atoms with Gasteiger partial charge in [-0.25, -0.2) is 26.6 Å². The van der Waals surface area contributed by atoms with Crippen molar-refractivity contribution in [2.75, 3.05) is 18.1 Å². The summed E-state index contributed by atoms with van der Waals surface area (Å²) < 4.78 is 73.6. The van der Waals surface area contributed by atoms with Gasteiger partial charge in [-0.15, -0.1) is 11.3 Å². The Morgan fingerprint density at radius 3 is 2.52 bits per heavy atom. The second-order valence-corrected chi connectivity index (χ2v) is 9.88. The fraction of sp³-hybridized carbons (Fsp3) is 0.300. The molecular weight excluding hydrogens is 451 g/mol. The van der Waals surface area contributed by atoms with Gasteiger partial charge >= 0.3 is 0 Å². The van der Waals surface area contributed by atoms with E-state index in [1.807, 2.05) is 6.07 Å². The van der Waals surface area contributed by atoms with Crippen LogP contribution in [0.25, 0.3) is 21.8 Å². The van der Waals surface area contributed by atoms with Gasteiger partial charge in [-0.2, -0.15) is 0 Å². The number of rotatable bonds is 7. The molecule has 0 saturated carbocycles. The van der Waals surface area contributed by atoms with Gasteiger partial charge in [-0.1, -0.05) is 13.8 Å². The summed E-state index contributed by atoms with van der Waals surface area (Å²) in [6.45, 7) is 4.13. The standard InChI is InChI=1S/C20H20F3N3O3S2/c1-10(2)7-12-8-11(5-6-24-12)20-25-13(9-30-20)14-15(21)16(22)18(26-31(4,27)28)17(23)19(14)29-3/h5-6,8-10,26H,7H2,1-4H3. The van der Waals surface area contributed by atoms with Gasteiger partial charge in [0.15, 0.2) is 23.2 Å². The van der Waals surface area contributed by atoms with Gasteiger partial charge in [0.05, 0.1) is 24.6 Å². The minimum absolute atomic E-state index is 0.0414. The van der Waals surface area contributed by atoms with E-state index in [4.69, 9.17) is 4.74 Å². The Labute approximate surface area is 182 Å². The van der Waals surface area contributed by atoms with Crippen molar-refractivity contribution in [2.45, 2.75) is 20.3 Å². The molecule has 0 spiro atoms. The quantitative estimate of drug-likeness (QED) is 0.498. The average Bonchev–Trinajstić information content (AvgIpc) is 3.16. The maximum atomic E-state index is 14.9. The van der Waals surface area contributed by atoms with Crippen molar-refractivity contribution in [3.05, 3.63) is 46.9 Å². The number of anilines is 1. The van der Waals surface area contributed by atoms with E-state index < -0.39 is 44.5 Å². The zero-order valence-electron chi connectivity index (χ0n) is 17.2. The number of nitrogens with one attached hydrogen (secondary N) is 1. The third-order valence-corrected chi connectivity index (χ3v) is 5.68. The summed E-state index contributed by atoms with van der Waals surface area (Å²) >= 11 is 1.16. The smallest absolute Gasteiger partial charge is 0.230 e. The van der Waals surface area contributed by atoms with E-state index in [9.17, 15) is 21.6 Å². The lowest BCUT2D eigenvalue weighted by molar-refractivity contribution is 0.380. The van der Waals surface area contributed by atoms with Crippen molar-refractivity contribution < 1.29 is 26.3 Å². The van der Waals surface area contributed by atoms with Crippen LogP contribution in [0.4, 0.5) is 18.9 Å². The summed E-state index contributed by atoms with van der Waals surface area (Å²) in [5.74, 6) is -4.79. The second-order valence-electron chi connectivity index (χ2n) is 7.27. The maximum absolute atomic E-state index is 14.9. The first-order chi connectivity index (χ1) is 14.5. The van der Waals surface area contributed by atoms with Crippen LogP contribution < -0.4 is 9.46 Å². The molecule has 2 heterocycles. The van der Waals surface area contributed by atoms with Gasteiger partial charge in [0.1, 0.15) is 10.7 Å². The van der Waals surface area contributed by atoms with Crippen LogP contribution in [-0.4, -0.2) is 31.8 Å². The Morgan fingerprint density at radius 2 is 1.90 bits per heavy atom. The monoisotopic (exact) mass is 471 g/mol. The summed E-state index contributed by atoms with van der Waals surface area (Å²) in [5.41, 5.74) is -0.127. The topological polar surface area (TPSA) is 81.2 Å². The molecule has 0 atom stereocenters. The minimum Gasteiger partial charge on any atom is -0.493 e. The highest BCUT2D eigenvalue weighted by molar-refractivity contribution is 7.92. The molecule has 0 fully saturated rings. The van der Waals surface area contributed by atoms with Crippen LogP contribution in [0.1, 0.15) is 19.5 Å². The molecule has 6 nitrogen and oxygen atoms in total. The molecule has 11 heteroatoms. The van der Waals surface area contributed by atoms with Crippen LogP contribution in [0.3, 0.4) is 0 Å². The number of ether oxygens (including phenoxy) is 1. The van der Waals surface area contributed by atoms with Crippen LogP contribution >= 0.6 is 11.3 Å². The van der Waals surface area contributed by atoms with Crippen LogP contribution in [-0.2, 0) is 16.4 Å². The van der Waals surface area contributed by atoms with Crippen molar-refractivity contribution in [3.8, 4) is 27.6 Å². The van der Waals surface area contributed by atoms with Gasteiger partial charge < -0.3 is 4.74 Å². The molecule has 1 aromatic carbocycles. The average molecular weight is 472 g/mol. The van der Waals surface area contributed by atoms with E-state index in [0.717, 1.165) is 36.1 Å². The fourth-order valence-electron chi connectivity index (χ4n) is 3.00. The normalized spacial score (nSPS) is 11.7. The molecule has 2 aromatic heterocycles. The molecule has 0 aliphatic carbocycles. The van der Waals surface area contributed by atoms with E-state index in [0.29, 0.717) is 17.2 Å². The van der Waals surface area contributed by atoms with Gasteiger partial charge in [0, 0.05) is 22.8 Å². The number of pyridine rings is 1. The van der Waals surface area contributed by atoms with Crippen molar-refractivity contribution in [1.82, 2.24) is 9.97 Å². The Morgan fingerprint density at radius 1 is 1.19 bits per heavy atom. The van der Waals surface area contributed by atoms with Gasteiger partial charge in [-0.3, -0.25) is 9.71 Å². The molecule has 0 saturated heterocycles. The van der Waals surface area contributed by atoms with Crippen LogP contribution in [0.5, 0.6) is 5.75 Å². The highest BCUT2D eigenvalue weighted by Gasteiger charge is 2.29. The summed E-state index contributed by atoms with van der Waals surface area (Å²) in [6.07, 6.45) is 3.10. The largest absolute Gasteiger partial charge is 0.493 e. The molecule has 0 aliphatic heterocycles. The van der Waals surface area contributed by atoms with E-state index >= 15 is 0 Å². The number of benzene rings is 1. The Bertz CT molecular complexity index is 1230. The molecule has 0 radical (unpaired) electrons. The molecule has 0 amide bonds. The lowest BCUT2D eigenvalue weighted by Gasteiger charge is -2.14. The number of aromatic nitrogens is 2. The van der Waals surface area contributed by atoms with Crippen molar-refractivity contribution in [1.29, 1.82) is 0 Å². The zero-order valence-corrected chi connectivity index (χ0v) is 18.8. The summed E-state index contributed by atoms with van der Waals surface area (Å²) in [5, 5.41) is 1.95. The number of thiazole rings is 1. The fourth-order valence-corrected chi connectivity index (χ4v) is 4.35. The van der Waals surface area contributed by atoms with Gasteiger partial charge in [0.25, 0.3) is 0 Å². The number of sulfonamides is 1. The molecule has 3 aromatic rings.